The number of nitrogens with two attached hydrogens (primary N) is 1. The Kier molecular flexibility index (Phi) is 105. The van der Waals surface area contributed by atoms with Crippen LogP contribution in [-0.2, 0) is 69.8 Å². The third kappa shape index (κ3) is 93.2. The van der Waals surface area contributed by atoms with Crippen molar-refractivity contribution in [3.05, 3.63) is 0 Å². The maximum Gasteiger partial charge on any atom is 1.00 e. The predicted octanol–water partition coefficient (Wildman–Crippen LogP) is 5.35. The molecule has 0 bridgehead atoms. The van der Waals surface area contributed by atoms with Crippen LogP contribution in [0.5, 0.6) is 0 Å². The minimum atomic E-state index is -0.888. The third-order valence-corrected chi connectivity index (χ3v) is 10.8. The van der Waals surface area contributed by atoms with E-state index in [9.17, 15) is 24.0 Å². The van der Waals surface area contributed by atoms with E-state index in [0.717, 1.165) is 19.7 Å². The van der Waals surface area contributed by atoms with Crippen LogP contribution in [0.25, 0.3) is 0 Å². The van der Waals surface area contributed by atoms with Crippen molar-refractivity contribution in [2.24, 2.45) is 5.50 Å². The number of hydrogen-bond donors (Lipinski definition) is 3. The summed E-state index contributed by atoms with van der Waals surface area (Å²) in [5.41, 5.74) is 5.91. The van der Waals surface area contributed by atoms with Crippen LogP contribution in [0.4, 0.5) is 0 Å². The zero-order valence-electron chi connectivity index (χ0n) is 37.9. The molecule has 15 nitrogen and oxygen atoms in total. The molecule has 0 aromatic carbocycles. The van der Waals surface area contributed by atoms with Gasteiger partial charge in [-0.15, -0.1) is 0 Å². The Hall–Kier alpha value is 2.36. The van der Waals surface area contributed by atoms with E-state index in [1.54, 1.807) is 46.4 Å². The fourth-order valence-corrected chi connectivity index (χ4v) is 5.18. The molecule has 0 aliphatic heterocycles. The Morgan fingerprint density at radius 3 is 1.00 bits per heavy atom. The van der Waals surface area contributed by atoms with E-state index >= 15 is 0 Å². The molecule has 0 saturated heterocycles. The molecule has 0 amide bonds. The summed E-state index contributed by atoms with van der Waals surface area (Å²) in [6, 6.07) is 0. The van der Waals surface area contributed by atoms with E-state index in [2.05, 4.69) is 112 Å². The molecule has 6 unspecified atom stereocenters. The summed E-state index contributed by atoms with van der Waals surface area (Å²) < 4.78 is 40.0. The number of carbonyl (C=O) groups excluding carboxylic acids is 5. The number of aliphatic hydroxyl groups is 2. The summed E-state index contributed by atoms with van der Waals surface area (Å²) in [5.74, 6) is -1.05. The van der Waals surface area contributed by atoms with Crippen molar-refractivity contribution in [3.8, 4) is 0 Å². The van der Waals surface area contributed by atoms with Crippen LogP contribution in [0.2, 0.25) is 0 Å². The summed E-state index contributed by atoms with van der Waals surface area (Å²) in [4.78, 5) is 51.9. The van der Waals surface area contributed by atoms with Gasteiger partial charge >= 0.3 is 75.3 Å². The Morgan fingerprint density at radius 1 is 0.672 bits per heavy atom. The van der Waals surface area contributed by atoms with Gasteiger partial charge in [-0.2, -0.15) is 11.8 Å². The van der Waals surface area contributed by atoms with Crippen LogP contribution in [0.1, 0.15) is 62.8 Å². The van der Waals surface area contributed by atoms with Crippen molar-refractivity contribution in [1.82, 2.24) is 0 Å². The molecule has 0 aliphatic rings. The Labute approximate surface area is 479 Å². The van der Waals surface area contributed by atoms with E-state index in [1.165, 1.54) is 52.0 Å². The van der Waals surface area contributed by atoms with Crippen LogP contribution < -0.4 is 56.9 Å². The van der Waals surface area contributed by atoms with Crippen molar-refractivity contribution in [3.63, 3.8) is 0 Å². The number of alkyl halides is 3. The van der Waals surface area contributed by atoms with Crippen molar-refractivity contribution >= 4 is 199 Å². The summed E-state index contributed by atoms with van der Waals surface area (Å²) in [7, 11) is 6.54. The SMILES string of the molecule is C.CC(Br)C(=O)Br.CCOC(=S)SC(C)C(=O)OC.CCOC(=S)SC(C)C(=O)OC.CCOC(=S)[S-].CO.CO.COC(=O)C(C)Br.COC(=O)C(C)Br.[2H]P(N)CSC.[K+]. The van der Waals surface area contributed by atoms with Gasteiger partial charge in [0.05, 0.1) is 54.4 Å². The van der Waals surface area contributed by atoms with Gasteiger partial charge in [0.15, 0.2) is 0 Å². The molecule has 0 heterocycles. The van der Waals surface area contributed by atoms with Crippen LogP contribution in [-0.4, -0.2) is 152 Å². The molecule has 0 aromatic heterocycles. The fourth-order valence-electron chi connectivity index (χ4n) is 1.54. The number of halogens is 4. The first-order valence-electron chi connectivity index (χ1n) is 16.6. The molecule has 61 heavy (non-hydrogen) atoms. The second-order valence-electron chi connectivity index (χ2n) is 8.41. The number of carbonyl (C=O) groups is 5. The fraction of sp³-hybridized carbons (Fsp3) is 0.758. The normalized spacial score (nSPS) is 11.4. The number of hydrogen-bond acceptors (Lipinski definition) is 22. The number of methoxy groups -OCH3 is 4. The van der Waals surface area contributed by atoms with Crippen LogP contribution >= 0.6 is 144 Å². The van der Waals surface area contributed by atoms with Crippen molar-refractivity contribution in [2.75, 3.05) is 74.2 Å². The van der Waals surface area contributed by atoms with Crippen LogP contribution in [0.3, 0.4) is 0 Å². The Morgan fingerprint density at radius 2 is 0.918 bits per heavy atom. The van der Waals surface area contributed by atoms with Crippen LogP contribution in [0, 0.1) is 0 Å². The average Bonchev–Trinajstić information content (AvgIpc) is 3.19. The number of thioether (sulfide) groups is 3. The van der Waals surface area contributed by atoms with E-state index < -0.39 is 8.68 Å². The predicted molar refractivity (Wildman–Crippen MR) is 285 cm³/mol. The summed E-state index contributed by atoms with van der Waals surface area (Å²) >= 11 is 34.3. The second kappa shape index (κ2) is 73.9. The first-order valence-corrected chi connectivity index (χ1v) is 25.6. The third-order valence-electron chi connectivity index (χ3n) is 3.97. The number of thiocarbonyl (C=S) groups is 3. The quantitative estimate of drug-likeness (QED) is 0.0328. The molecule has 0 fully saturated rings. The molecular formula is C33H67Br4KNO14PS7. The number of aliphatic hydroxyl groups excluding tert-OH is 2. The number of ether oxygens (including phenoxy) is 7. The molecular weight excluding hydrogens is 1250 g/mol. The molecule has 0 rings (SSSR count). The van der Waals surface area contributed by atoms with Crippen molar-refractivity contribution in [1.29, 1.82) is 1.28 Å². The van der Waals surface area contributed by atoms with Crippen molar-refractivity contribution < 1.29 is 119 Å². The summed E-state index contributed by atoms with van der Waals surface area (Å²) in [5, 5.41) is 13.4. The zero-order chi connectivity index (χ0) is 50.0. The molecule has 28 heteroatoms. The Bertz CT molecular complexity index is 1040. The van der Waals surface area contributed by atoms with Gasteiger partial charge in [-0.05, 0) is 111 Å². The van der Waals surface area contributed by atoms with E-state index in [1.807, 2.05) is 27.0 Å². The van der Waals surface area contributed by atoms with Gasteiger partial charge in [0.1, 0.15) is 20.2 Å². The topological polar surface area (TPSA) is 216 Å². The first kappa shape index (κ1) is 86.5. The number of rotatable bonds is 12. The van der Waals surface area contributed by atoms with E-state index in [4.69, 9.17) is 50.9 Å². The van der Waals surface area contributed by atoms with Gasteiger partial charge in [0.2, 0.25) is 13.5 Å². The molecule has 4 N–H and O–H groups in total. The van der Waals surface area contributed by atoms with Crippen LogP contribution in [0.15, 0.2) is 0 Å². The van der Waals surface area contributed by atoms with Gasteiger partial charge in [-0.25, -0.2) is 0 Å². The number of esters is 4. The minimum absolute atomic E-state index is 0. The summed E-state index contributed by atoms with van der Waals surface area (Å²) in [6.07, 6.45) is 1.96. The van der Waals surface area contributed by atoms with Gasteiger partial charge in [-0.1, -0.05) is 78.7 Å². The molecule has 0 aliphatic carbocycles. The molecule has 0 radical (unpaired) electrons. The van der Waals surface area contributed by atoms with Gasteiger partial charge in [0.25, 0.3) is 0 Å². The standard InChI is InChI=1S/2C7H12O3S2.2C4H7BrO2.C3H4Br2O.C3H6OS2.C2H8NPS.2CH4O.CH4.K/c2*1-4-10-7(11)12-5(2)6(8)9-3;2*1-3(5)4(6)7-2;1-2(4)3(5)6;1-2-4-3(5)6;1-5-2-4-3;2*1-2;;/h2*5H,4H2,1-3H3;2*3H,1-2H3;2H,1H3;2H2,1H3,(H,5,6);4H,2-3H2,1H3;2*2H,1H3;1H4;/q;;;;;;;;;;+1/p-1/i;;;;;;4D;;;;. The molecule has 0 spiro atoms. The average molecular weight is 1320 g/mol. The van der Waals surface area contributed by atoms with E-state index in [0.29, 0.717) is 28.6 Å². The maximum atomic E-state index is 10.9. The molecule has 364 valence electrons. The Balaban J connectivity index is -0.0000000544. The summed E-state index contributed by atoms with van der Waals surface area (Å²) in [6.45, 7) is 15.8. The molecule has 6 atom stereocenters. The van der Waals surface area contributed by atoms with Gasteiger partial charge < -0.3 is 73.7 Å². The molecule has 0 aromatic rings. The second-order valence-corrected chi connectivity index (χ2v) is 20.2. The van der Waals surface area contributed by atoms with Gasteiger partial charge in [-0.3, -0.25) is 24.0 Å². The zero-order valence-corrected chi connectivity index (χ0v) is 53.0. The largest absolute Gasteiger partial charge is 1.00 e. The minimum Gasteiger partial charge on any atom is -0.514 e. The first-order chi connectivity index (χ1) is 27.8. The molecule has 0 saturated carbocycles. The smallest absolute Gasteiger partial charge is 0.514 e. The monoisotopic (exact) mass is 1310 g/mol. The van der Waals surface area contributed by atoms with E-state index in [-0.39, 0.29) is 117 Å². The maximum absolute atomic E-state index is 10.9. The van der Waals surface area contributed by atoms with Gasteiger partial charge in [0, 0.05) is 24.1 Å². The van der Waals surface area contributed by atoms with Crippen molar-refractivity contribution in [2.45, 2.75) is 87.8 Å².